The van der Waals surface area contributed by atoms with Crippen molar-refractivity contribution in [1.29, 1.82) is 0 Å². The molecule has 0 aromatic carbocycles. The Balaban J connectivity index is 2.00. The van der Waals surface area contributed by atoms with E-state index in [9.17, 15) is 0 Å². The summed E-state index contributed by atoms with van der Waals surface area (Å²) in [6.07, 6.45) is 6.50. The van der Waals surface area contributed by atoms with Crippen LogP contribution >= 0.6 is 0 Å². The summed E-state index contributed by atoms with van der Waals surface area (Å²) in [5.41, 5.74) is 0. The maximum atomic E-state index is 4.39. The van der Waals surface area contributed by atoms with Gasteiger partial charge in [-0.2, -0.15) is 15.0 Å². The summed E-state index contributed by atoms with van der Waals surface area (Å²) in [4.78, 5) is 19.0. The Morgan fingerprint density at radius 3 is 2.38 bits per heavy atom. The van der Waals surface area contributed by atoms with E-state index in [0.29, 0.717) is 17.8 Å². The Hall–Kier alpha value is -2.38. The molecule has 0 bridgehead atoms. The molecule has 0 spiro atoms. The van der Waals surface area contributed by atoms with Gasteiger partial charge in [-0.25, -0.2) is 4.98 Å². The van der Waals surface area contributed by atoms with Crippen molar-refractivity contribution in [1.82, 2.24) is 24.5 Å². The van der Waals surface area contributed by atoms with Gasteiger partial charge in [0, 0.05) is 46.1 Å². The Kier molecular flexibility index (Phi) is 5.30. The van der Waals surface area contributed by atoms with Gasteiger partial charge < -0.3 is 20.1 Å². The van der Waals surface area contributed by atoms with E-state index in [0.717, 1.165) is 26.1 Å². The minimum Gasteiger partial charge on any atom is -0.354 e. The van der Waals surface area contributed by atoms with Gasteiger partial charge >= 0.3 is 0 Å². The molecule has 0 fully saturated rings. The van der Waals surface area contributed by atoms with Crippen molar-refractivity contribution in [3.05, 3.63) is 18.7 Å². The highest BCUT2D eigenvalue weighted by Gasteiger charge is 2.07. The minimum absolute atomic E-state index is 0.576. The number of imidazole rings is 1. The van der Waals surface area contributed by atoms with Crippen LogP contribution in [0.2, 0.25) is 0 Å². The molecule has 0 atom stereocenters. The normalized spacial score (nSPS) is 10.4. The third kappa shape index (κ3) is 4.59. The van der Waals surface area contributed by atoms with Crippen LogP contribution in [-0.4, -0.2) is 51.7 Å². The third-order valence-corrected chi connectivity index (χ3v) is 2.77. The zero-order chi connectivity index (χ0) is 15.1. The van der Waals surface area contributed by atoms with Crippen molar-refractivity contribution in [3.8, 4) is 0 Å². The van der Waals surface area contributed by atoms with Gasteiger partial charge in [-0.15, -0.1) is 0 Å². The van der Waals surface area contributed by atoms with E-state index in [-0.39, 0.29) is 0 Å². The largest absolute Gasteiger partial charge is 0.354 e. The molecule has 2 N–H and O–H groups in total. The van der Waals surface area contributed by atoms with Gasteiger partial charge in [-0.1, -0.05) is 6.92 Å². The van der Waals surface area contributed by atoms with Crippen molar-refractivity contribution in [3.63, 3.8) is 0 Å². The average Bonchev–Trinajstić information content (AvgIpc) is 2.98. The van der Waals surface area contributed by atoms with Crippen molar-refractivity contribution in [2.24, 2.45) is 0 Å². The zero-order valence-electron chi connectivity index (χ0n) is 12.7. The van der Waals surface area contributed by atoms with Crippen molar-refractivity contribution in [2.75, 3.05) is 42.7 Å². The lowest BCUT2D eigenvalue weighted by Gasteiger charge is -2.14. The van der Waals surface area contributed by atoms with Gasteiger partial charge in [-0.05, 0) is 6.42 Å². The van der Waals surface area contributed by atoms with Crippen LogP contribution in [0.5, 0.6) is 0 Å². The first-order valence-electron chi connectivity index (χ1n) is 7.06. The van der Waals surface area contributed by atoms with Crippen molar-refractivity contribution < 1.29 is 0 Å². The van der Waals surface area contributed by atoms with Gasteiger partial charge in [0.2, 0.25) is 17.8 Å². The average molecular weight is 290 g/mol. The molecule has 0 radical (unpaired) electrons. The van der Waals surface area contributed by atoms with Crippen LogP contribution in [0.4, 0.5) is 17.8 Å². The Morgan fingerprint density at radius 1 is 1.10 bits per heavy atom. The zero-order valence-corrected chi connectivity index (χ0v) is 12.7. The quantitative estimate of drug-likeness (QED) is 0.752. The molecule has 0 aliphatic rings. The molecule has 0 unspecified atom stereocenters. The first-order chi connectivity index (χ1) is 10.2. The van der Waals surface area contributed by atoms with Crippen LogP contribution < -0.4 is 15.5 Å². The molecule has 2 heterocycles. The first-order valence-corrected chi connectivity index (χ1v) is 7.06. The van der Waals surface area contributed by atoms with Gasteiger partial charge in [0.1, 0.15) is 0 Å². The Labute approximate surface area is 124 Å². The number of nitrogens with zero attached hydrogens (tertiary/aromatic N) is 6. The molecule has 0 aliphatic carbocycles. The van der Waals surface area contributed by atoms with Crippen LogP contribution in [0.25, 0.3) is 0 Å². The predicted molar refractivity (Wildman–Crippen MR) is 83.7 cm³/mol. The fourth-order valence-electron chi connectivity index (χ4n) is 1.68. The summed E-state index contributed by atoms with van der Waals surface area (Å²) in [6.45, 7) is 4.47. The van der Waals surface area contributed by atoms with E-state index < -0.39 is 0 Å². The van der Waals surface area contributed by atoms with E-state index >= 15 is 0 Å². The van der Waals surface area contributed by atoms with Crippen LogP contribution in [-0.2, 0) is 6.54 Å². The highest BCUT2D eigenvalue weighted by atomic mass is 15.3. The third-order valence-electron chi connectivity index (χ3n) is 2.77. The summed E-state index contributed by atoms with van der Waals surface area (Å²) < 4.78 is 2.00. The number of hydrogen-bond acceptors (Lipinski definition) is 7. The first kappa shape index (κ1) is 15.0. The second-order valence-corrected chi connectivity index (χ2v) is 4.83. The van der Waals surface area contributed by atoms with Crippen LogP contribution in [0, 0.1) is 0 Å². The van der Waals surface area contributed by atoms with Gasteiger partial charge in [0.05, 0.1) is 6.33 Å². The number of aromatic nitrogens is 5. The molecule has 0 aliphatic heterocycles. The molecule has 2 aromatic heterocycles. The van der Waals surface area contributed by atoms with Crippen LogP contribution in [0.1, 0.15) is 13.3 Å². The second kappa shape index (κ2) is 7.41. The smallest absolute Gasteiger partial charge is 0.231 e. The molecule has 8 nitrogen and oxygen atoms in total. The highest BCUT2D eigenvalue weighted by molar-refractivity contribution is 5.42. The summed E-state index contributed by atoms with van der Waals surface area (Å²) in [7, 11) is 3.82. The topological polar surface area (TPSA) is 83.8 Å². The lowest BCUT2D eigenvalue weighted by molar-refractivity contribution is 0.722. The molecule has 0 saturated heterocycles. The number of anilines is 3. The van der Waals surface area contributed by atoms with Crippen molar-refractivity contribution >= 4 is 17.8 Å². The lowest BCUT2D eigenvalue weighted by atomic mass is 10.5. The van der Waals surface area contributed by atoms with Gasteiger partial charge in [0.15, 0.2) is 0 Å². The number of nitrogens with one attached hydrogen (secondary N) is 2. The van der Waals surface area contributed by atoms with Crippen LogP contribution in [0.3, 0.4) is 0 Å². The molecular weight excluding hydrogens is 268 g/mol. The van der Waals surface area contributed by atoms with Gasteiger partial charge in [0.25, 0.3) is 0 Å². The van der Waals surface area contributed by atoms with E-state index in [4.69, 9.17) is 0 Å². The molecule has 114 valence electrons. The number of hydrogen-bond donors (Lipinski definition) is 2. The van der Waals surface area contributed by atoms with Crippen LogP contribution in [0.15, 0.2) is 18.7 Å². The minimum atomic E-state index is 0.576. The fourth-order valence-corrected chi connectivity index (χ4v) is 1.68. The molecule has 21 heavy (non-hydrogen) atoms. The Bertz CT molecular complexity index is 537. The highest BCUT2D eigenvalue weighted by Crippen LogP contribution is 2.11. The fraction of sp³-hybridized carbons (Fsp3) is 0.538. The number of rotatable bonds is 8. The monoisotopic (exact) mass is 290 g/mol. The SMILES string of the molecule is CCCNc1nc(NCCn2ccnc2)nc(N(C)C)n1. The Morgan fingerprint density at radius 2 is 1.81 bits per heavy atom. The lowest BCUT2D eigenvalue weighted by Crippen LogP contribution is -2.18. The van der Waals surface area contributed by atoms with Crippen molar-refractivity contribution in [2.45, 2.75) is 19.9 Å². The summed E-state index contributed by atoms with van der Waals surface area (Å²) in [5.74, 6) is 1.81. The maximum absolute atomic E-state index is 4.39. The standard InChI is InChI=1S/C13H22N8/c1-4-5-15-11-17-12(19-13(18-11)20(2)3)16-7-9-21-8-6-14-10-21/h6,8,10H,4-5,7,9H2,1-3H3,(H2,15,16,17,18,19). The summed E-state index contributed by atoms with van der Waals surface area (Å²) in [6, 6.07) is 0. The second-order valence-electron chi connectivity index (χ2n) is 4.83. The molecule has 0 saturated carbocycles. The van der Waals surface area contributed by atoms with E-state index in [1.54, 1.807) is 12.5 Å². The molecule has 0 amide bonds. The van der Waals surface area contributed by atoms with Gasteiger partial charge in [-0.3, -0.25) is 0 Å². The molecule has 2 rings (SSSR count). The van der Waals surface area contributed by atoms with E-state index in [1.165, 1.54) is 0 Å². The predicted octanol–water partition coefficient (Wildman–Crippen LogP) is 1.07. The van der Waals surface area contributed by atoms with E-state index in [2.05, 4.69) is 37.5 Å². The summed E-state index contributed by atoms with van der Waals surface area (Å²) in [5, 5.41) is 6.41. The maximum Gasteiger partial charge on any atom is 0.231 e. The summed E-state index contributed by atoms with van der Waals surface area (Å²) >= 11 is 0. The molecular formula is C13H22N8. The molecule has 2 aromatic rings. The van der Waals surface area contributed by atoms with E-state index in [1.807, 2.05) is 29.8 Å². The molecule has 8 heteroatoms.